The second-order valence-electron chi connectivity index (χ2n) is 3.38. The molecule has 2 rings (SSSR count). The van der Waals surface area contributed by atoms with Gasteiger partial charge in [0.05, 0.1) is 11.1 Å². The SMILES string of the molecule is C[C@H](O)CSc1cc2ccccc2[nH]1. The van der Waals surface area contributed by atoms with Crippen LogP contribution in [0.3, 0.4) is 0 Å². The van der Waals surface area contributed by atoms with Crippen LogP contribution in [0.15, 0.2) is 35.4 Å². The van der Waals surface area contributed by atoms with Gasteiger partial charge in [-0.15, -0.1) is 11.8 Å². The minimum Gasteiger partial charge on any atom is -0.393 e. The zero-order valence-electron chi connectivity index (χ0n) is 8.03. The Kier molecular flexibility index (Phi) is 2.79. The fourth-order valence-electron chi connectivity index (χ4n) is 1.33. The van der Waals surface area contributed by atoms with E-state index in [0.717, 1.165) is 16.3 Å². The van der Waals surface area contributed by atoms with E-state index in [9.17, 15) is 0 Å². The molecule has 0 saturated heterocycles. The van der Waals surface area contributed by atoms with Gasteiger partial charge in [-0.2, -0.15) is 0 Å². The van der Waals surface area contributed by atoms with Crippen LogP contribution in [-0.2, 0) is 0 Å². The van der Waals surface area contributed by atoms with Crippen molar-refractivity contribution in [3.05, 3.63) is 30.3 Å². The van der Waals surface area contributed by atoms with Gasteiger partial charge in [-0.05, 0) is 19.1 Å². The Morgan fingerprint density at radius 2 is 2.21 bits per heavy atom. The van der Waals surface area contributed by atoms with Gasteiger partial charge < -0.3 is 10.1 Å². The van der Waals surface area contributed by atoms with Crippen molar-refractivity contribution >= 4 is 22.7 Å². The summed E-state index contributed by atoms with van der Waals surface area (Å²) in [4.78, 5) is 3.30. The number of aliphatic hydroxyl groups is 1. The van der Waals surface area contributed by atoms with Crippen molar-refractivity contribution in [2.45, 2.75) is 18.1 Å². The predicted octanol–water partition coefficient (Wildman–Crippen LogP) is 2.64. The van der Waals surface area contributed by atoms with Gasteiger partial charge in [0, 0.05) is 16.7 Å². The first-order valence-corrected chi connectivity index (χ1v) is 5.63. The van der Waals surface area contributed by atoms with E-state index >= 15 is 0 Å². The van der Waals surface area contributed by atoms with Crippen LogP contribution in [-0.4, -0.2) is 21.9 Å². The van der Waals surface area contributed by atoms with E-state index in [2.05, 4.69) is 23.2 Å². The Balaban J connectivity index is 2.19. The van der Waals surface area contributed by atoms with Crippen molar-refractivity contribution in [1.29, 1.82) is 0 Å². The molecule has 2 nitrogen and oxygen atoms in total. The number of hydrogen-bond acceptors (Lipinski definition) is 2. The minimum absolute atomic E-state index is 0.258. The number of aromatic amines is 1. The minimum atomic E-state index is -0.258. The zero-order chi connectivity index (χ0) is 9.97. The van der Waals surface area contributed by atoms with Crippen LogP contribution in [0.4, 0.5) is 0 Å². The molecule has 0 fully saturated rings. The molecule has 0 radical (unpaired) electrons. The maximum Gasteiger partial charge on any atom is 0.0733 e. The standard InChI is InChI=1S/C11H13NOS/c1-8(13)7-14-11-6-9-4-2-3-5-10(9)12-11/h2-6,8,12-13H,7H2,1H3/t8-/m0/s1. The highest BCUT2D eigenvalue weighted by Crippen LogP contribution is 2.23. The monoisotopic (exact) mass is 207 g/mol. The molecule has 0 aliphatic carbocycles. The molecule has 1 heterocycles. The largest absolute Gasteiger partial charge is 0.393 e. The molecule has 74 valence electrons. The van der Waals surface area contributed by atoms with Crippen LogP contribution in [0.2, 0.25) is 0 Å². The Labute approximate surface area is 87.3 Å². The van der Waals surface area contributed by atoms with E-state index in [0.29, 0.717) is 0 Å². The van der Waals surface area contributed by atoms with Crippen LogP contribution >= 0.6 is 11.8 Å². The topological polar surface area (TPSA) is 36.0 Å². The lowest BCUT2D eigenvalue weighted by Crippen LogP contribution is -2.02. The van der Waals surface area contributed by atoms with E-state index in [1.165, 1.54) is 5.39 Å². The third kappa shape index (κ3) is 2.11. The lowest BCUT2D eigenvalue weighted by molar-refractivity contribution is 0.220. The normalized spacial score (nSPS) is 13.3. The van der Waals surface area contributed by atoms with Gasteiger partial charge in [-0.1, -0.05) is 18.2 Å². The second kappa shape index (κ2) is 4.07. The molecule has 0 unspecified atom stereocenters. The lowest BCUT2D eigenvalue weighted by atomic mass is 10.3. The van der Waals surface area contributed by atoms with Crippen molar-refractivity contribution in [1.82, 2.24) is 4.98 Å². The third-order valence-electron chi connectivity index (χ3n) is 1.99. The molecular weight excluding hydrogens is 194 g/mol. The molecule has 0 aliphatic heterocycles. The fraction of sp³-hybridized carbons (Fsp3) is 0.273. The lowest BCUT2D eigenvalue weighted by Gasteiger charge is -2.00. The molecule has 0 bridgehead atoms. The van der Waals surface area contributed by atoms with Crippen LogP contribution in [0.25, 0.3) is 10.9 Å². The molecule has 3 heteroatoms. The van der Waals surface area contributed by atoms with Gasteiger partial charge in [-0.3, -0.25) is 0 Å². The first kappa shape index (κ1) is 9.62. The highest BCUT2D eigenvalue weighted by atomic mass is 32.2. The van der Waals surface area contributed by atoms with E-state index in [-0.39, 0.29) is 6.10 Å². The highest BCUT2D eigenvalue weighted by Gasteiger charge is 2.02. The molecule has 14 heavy (non-hydrogen) atoms. The van der Waals surface area contributed by atoms with Crippen LogP contribution < -0.4 is 0 Å². The quantitative estimate of drug-likeness (QED) is 0.759. The summed E-state index contributed by atoms with van der Waals surface area (Å²) < 4.78 is 0. The zero-order valence-corrected chi connectivity index (χ0v) is 8.84. The average molecular weight is 207 g/mol. The van der Waals surface area contributed by atoms with Gasteiger partial charge in [0.25, 0.3) is 0 Å². The van der Waals surface area contributed by atoms with Crippen molar-refractivity contribution in [2.24, 2.45) is 0 Å². The second-order valence-corrected chi connectivity index (χ2v) is 4.44. The molecule has 1 atom stereocenters. The third-order valence-corrected chi connectivity index (χ3v) is 3.17. The van der Waals surface area contributed by atoms with Crippen molar-refractivity contribution in [2.75, 3.05) is 5.75 Å². The fourth-order valence-corrected chi connectivity index (χ4v) is 2.15. The first-order chi connectivity index (χ1) is 6.75. The summed E-state index contributed by atoms with van der Waals surface area (Å²) in [6, 6.07) is 10.3. The van der Waals surface area contributed by atoms with Crippen molar-refractivity contribution in [3.63, 3.8) is 0 Å². The summed E-state index contributed by atoms with van der Waals surface area (Å²) in [6.07, 6.45) is -0.258. The number of rotatable bonds is 3. The van der Waals surface area contributed by atoms with Gasteiger partial charge in [0.1, 0.15) is 0 Å². The van der Waals surface area contributed by atoms with Crippen LogP contribution in [0, 0.1) is 0 Å². The first-order valence-electron chi connectivity index (χ1n) is 4.64. The molecule has 1 aromatic carbocycles. The van der Waals surface area contributed by atoms with Gasteiger partial charge >= 0.3 is 0 Å². The number of hydrogen-bond donors (Lipinski definition) is 2. The summed E-state index contributed by atoms with van der Waals surface area (Å²) in [5, 5.41) is 11.5. The van der Waals surface area contributed by atoms with E-state index in [1.54, 1.807) is 18.7 Å². The summed E-state index contributed by atoms with van der Waals surface area (Å²) in [7, 11) is 0. The molecule has 1 aromatic heterocycles. The number of fused-ring (bicyclic) bond motifs is 1. The Hall–Kier alpha value is -0.930. The number of aromatic nitrogens is 1. The van der Waals surface area contributed by atoms with E-state index in [1.807, 2.05) is 12.1 Å². The molecule has 0 saturated carbocycles. The van der Waals surface area contributed by atoms with Crippen molar-refractivity contribution in [3.8, 4) is 0 Å². The molecule has 0 spiro atoms. The summed E-state index contributed by atoms with van der Waals surface area (Å²) >= 11 is 1.65. The molecule has 2 aromatic rings. The van der Waals surface area contributed by atoms with E-state index < -0.39 is 0 Å². The van der Waals surface area contributed by atoms with Gasteiger partial charge in [-0.25, -0.2) is 0 Å². The van der Waals surface area contributed by atoms with E-state index in [4.69, 9.17) is 5.11 Å². The summed E-state index contributed by atoms with van der Waals surface area (Å²) in [5.41, 5.74) is 1.15. The molecule has 0 aliphatic rings. The number of benzene rings is 1. The maximum absolute atomic E-state index is 9.15. The summed E-state index contributed by atoms with van der Waals surface area (Å²) in [5.74, 6) is 0.729. The molecular formula is C11H13NOS. The van der Waals surface area contributed by atoms with Crippen molar-refractivity contribution < 1.29 is 5.11 Å². The number of nitrogens with one attached hydrogen (secondary N) is 1. The van der Waals surface area contributed by atoms with Crippen LogP contribution in [0.5, 0.6) is 0 Å². The maximum atomic E-state index is 9.15. The Bertz CT molecular complexity index is 389. The van der Waals surface area contributed by atoms with Crippen LogP contribution in [0.1, 0.15) is 6.92 Å². The predicted molar refractivity (Wildman–Crippen MR) is 60.7 cm³/mol. The molecule has 2 N–H and O–H groups in total. The highest BCUT2D eigenvalue weighted by molar-refractivity contribution is 7.99. The number of aliphatic hydroxyl groups excluding tert-OH is 1. The Morgan fingerprint density at radius 1 is 1.43 bits per heavy atom. The number of H-pyrrole nitrogens is 1. The number of thioether (sulfide) groups is 1. The van der Waals surface area contributed by atoms with Gasteiger partial charge in [0.15, 0.2) is 0 Å². The summed E-state index contributed by atoms with van der Waals surface area (Å²) in [6.45, 7) is 1.80. The average Bonchev–Trinajstić information content (AvgIpc) is 2.57. The number of para-hydroxylation sites is 1. The van der Waals surface area contributed by atoms with Gasteiger partial charge in [0.2, 0.25) is 0 Å². The Morgan fingerprint density at radius 3 is 2.93 bits per heavy atom. The molecule has 0 amide bonds. The smallest absolute Gasteiger partial charge is 0.0733 e.